The normalized spacial score (nSPS) is 12.6. The third-order valence-corrected chi connectivity index (χ3v) is 11.6. The highest BCUT2D eigenvalue weighted by Crippen LogP contribution is 2.48. The number of nitrogens with zero attached hydrogens (tertiary/aromatic N) is 4. The van der Waals surface area contributed by atoms with E-state index in [0.717, 1.165) is 55.3 Å². The molecule has 0 aliphatic carbocycles. The second-order valence-electron chi connectivity index (χ2n) is 14.1. The van der Waals surface area contributed by atoms with E-state index in [4.69, 9.17) is 9.97 Å². The summed E-state index contributed by atoms with van der Waals surface area (Å²) in [6.45, 7) is 0. The Hall–Kier alpha value is -7.04. The van der Waals surface area contributed by atoms with E-state index in [1.807, 2.05) is 0 Å². The number of aromatic nitrogens is 4. The molecule has 0 bridgehead atoms. The van der Waals surface area contributed by atoms with Gasteiger partial charge in [-0.15, -0.1) is 0 Å². The van der Waals surface area contributed by atoms with Crippen molar-refractivity contribution in [3.8, 4) is 17.1 Å². The zero-order chi connectivity index (χ0) is 33.7. The summed E-state index contributed by atoms with van der Waals surface area (Å²) in [7, 11) is 0. The van der Waals surface area contributed by atoms with Crippen LogP contribution in [0.3, 0.4) is 0 Å². The van der Waals surface area contributed by atoms with Crippen LogP contribution < -0.4 is 0 Å². The van der Waals surface area contributed by atoms with Gasteiger partial charge in [-0.25, -0.2) is 9.97 Å². The second-order valence-corrected chi connectivity index (χ2v) is 14.1. The topological polar surface area (TPSA) is 35.1 Å². The van der Waals surface area contributed by atoms with Crippen LogP contribution in [0.15, 0.2) is 158 Å². The summed E-state index contributed by atoms with van der Waals surface area (Å²) >= 11 is 0. The number of hydrogen-bond donors (Lipinski definition) is 0. The third-order valence-electron chi connectivity index (χ3n) is 11.6. The lowest BCUT2D eigenvalue weighted by atomic mass is 9.97. The number of rotatable bonds is 2. The van der Waals surface area contributed by atoms with E-state index in [1.54, 1.807) is 0 Å². The predicted octanol–water partition coefficient (Wildman–Crippen LogP) is 12.4. The molecule has 0 saturated heterocycles. The first-order valence-corrected chi connectivity index (χ1v) is 17.8. The Balaban J connectivity index is 1.31. The van der Waals surface area contributed by atoms with Crippen molar-refractivity contribution in [3.63, 3.8) is 0 Å². The SMILES string of the molecule is c1ccc2c(-c3nc4ccc5ccccc5c4nc3-n3c4ccc5ccc6cccc7c6c5c4c4c3ccc3c5ccccc5n7c34)cccc2c1. The average Bonchev–Trinajstić information content (AvgIpc) is 3.68. The van der Waals surface area contributed by atoms with Gasteiger partial charge in [-0.2, -0.15) is 0 Å². The van der Waals surface area contributed by atoms with E-state index in [0.29, 0.717) is 0 Å². The molecule has 4 heterocycles. The summed E-state index contributed by atoms with van der Waals surface area (Å²) in [5.41, 5.74) is 9.67. The lowest BCUT2D eigenvalue weighted by Gasteiger charge is -2.16. The van der Waals surface area contributed by atoms with Crippen molar-refractivity contribution in [1.82, 2.24) is 18.9 Å². The van der Waals surface area contributed by atoms with Crippen LogP contribution in [-0.2, 0) is 0 Å². The van der Waals surface area contributed by atoms with Crippen LogP contribution in [0.1, 0.15) is 0 Å². The minimum absolute atomic E-state index is 0.836. The Morgan fingerprint density at radius 2 is 1.00 bits per heavy atom. The van der Waals surface area contributed by atoms with E-state index < -0.39 is 0 Å². The Morgan fingerprint density at radius 3 is 1.90 bits per heavy atom. The molecular formula is C48H26N4. The van der Waals surface area contributed by atoms with Gasteiger partial charge < -0.3 is 4.40 Å². The molecule has 9 aromatic carbocycles. The average molecular weight is 659 g/mol. The van der Waals surface area contributed by atoms with E-state index in [1.165, 1.54) is 65.0 Å². The number of para-hydroxylation sites is 1. The summed E-state index contributed by atoms with van der Waals surface area (Å²) in [4.78, 5) is 11.2. The predicted molar refractivity (Wildman–Crippen MR) is 218 cm³/mol. The fourth-order valence-electron chi connectivity index (χ4n) is 9.43. The standard InChI is InChI=1S/C48H26N4/c1-3-13-31-27(9-1)11-7-16-34(31)46-48(50-45-32-14-4-2-10-28(32)21-24-36(45)49-46)52-39-25-22-30-20-19-29-12-8-18-38-41(29)42(30)43(39)44-40(52)26-23-35-33-15-5-6-17-37(33)51(38)47(35)44/h1-26H. The molecule has 0 aliphatic rings. The lowest BCUT2D eigenvalue weighted by Crippen LogP contribution is -2.04. The van der Waals surface area contributed by atoms with Crippen molar-refractivity contribution >= 4 is 103 Å². The van der Waals surface area contributed by atoms with Crippen LogP contribution >= 0.6 is 0 Å². The summed E-state index contributed by atoms with van der Waals surface area (Å²) in [6.07, 6.45) is 0. The molecule has 4 nitrogen and oxygen atoms in total. The largest absolute Gasteiger partial charge is 0.308 e. The van der Waals surface area contributed by atoms with Gasteiger partial charge in [0.2, 0.25) is 0 Å². The van der Waals surface area contributed by atoms with Crippen molar-refractivity contribution < 1.29 is 0 Å². The highest BCUT2D eigenvalue weighted by atomic mass is 15.1. The molecule has 4 heteroatoms. The Bertz CT molecular complexity index is 3640. The second kappa shape index (κ2) is 9.39. The van der Waals surface area contributed by atoms with Gasteiger partial charge in [0.1, 0.15) is 5.69 Å². The zero-order valence-corrected chi connectivity index (χ0v) is 27.8. The molecular weight excluding hydrogens is 633 g/mol. The van der Waals surface area contributed by atoms with Crippen molar-refractivity contribution in [3.05, 3.63) is 158 Å². The molecule has 13 aromatic rings. The number of benzene rings is 9. The van der Waals surface area contributed by atoms with Gasteiger partial charge in [0.15, 0.2) is 5.82 Å². The van der Waals surface area contributed by atoms with E-state index in [9.17, 15) is 0 Å². The Morgan fingerprint density at radius 1 is 0.365 bits per heavy atom. The number of fused-ring (bicyclic) bond motifs is 8. The van der Waals surface area contributed by atoms with E-state index >= 15 is 0 Å². The molecule has 52 heavy (non-hydrogen) atoms. The molecule has 0 radical (unpaired) electrons. The molecule has 13 rings (SSSR count). The van der Waals surface area contributed by atoms with Crippen LogP contribution in [0.5, 0.6) is 0 Å². The molecule has 0 unspecified atom stereocenters. The Labute approximate surface area is 296 Å². The van der Waals surface area contributed by atoms with Crippen LogP contribution in [0.25, 0.3) is 120 Å². The lowest BCUT2D eigenvalue weighted by molar-refractivity contribution is 1.08. The first kappa shape index (κ1) is 26.8. The van der Waals surface area contributed by atoms with Crippen molar-refractivity contribution in [1.29, 1.82) is 0 Å². The number of hydrogen-bond acceptors (Lipinski definition) is 2. The van der Waals surface area contributed by atoms with Gasteiger partial charge in [-0.1, -0.05) is 127 Å². The highest BCUT2D eigenvalue weighted by molar-refractivity contribution is 6.37. The van der Waals surface area contributed by atoms with Crippen molar-refractivity contribution in [2.24, 2.45) is 0 Å². The monoisotopic (exact) mass is 658 g/mol. The molecule has 238 valence electrons. The third kappa shape index (κ3) is 3.19. The fourth-order valence-corrected chi connectivity index (χ4v) is 9.43. The quantitative estimate of drug-likeness (QED) is 0.173. The molecule has 4 aromatic heterocycles. The maximum Gasteiger partial charge on any atom is 0.165 e. The smallest absolute Gasteiger partial charge is 0.165 e. The van der Waals surface area contributed by atoms with Crippen LogP contribution in [-0.4, -0.2) is 18.9 Å². The molecule has 0 saturated carbocycles. The summed E-state index contributed by atoms with van der Waals surface area (Å²) in [5, 5.41) is 14.7. The maximum absolute atomic E-state index is 5.70. The van der Waals surface area contributed by atoms with Gasteiger partial charge in [0.05, 0.1) is 38.6 Å². The molecule has 0 spiro atoms. The van der Waals surface area contributed by atoms with Gasteiger partial charge in [0, 0.05) is 43.3 Å². The molecule has 0 amide bonds. The summed E-state index contributed by atoms with van der Waals surface area (Å²) in [5.74, 6) is 0.836. The minimum atomic E-state index is 0.836. The first-order chi connectivity index (χ1) is 25.8. The molecule has 0 aliphatic heterocycles. The summed E-state index contributed by atoms with van der Waals surface area (Å²) in [6, 6.07) is 57.3. The molecule has 0 atom stereocenters. The van der Waals surface area contributed by atoms with E-state index in [-0.39, 0.29) is 0 Å². The molecule has 0 N–H and O–H groups in total. The van der Waals surface area contributed by atoms with Crippen LogP contribution in [0, 0.1) is 0 Å². The van der Waals surface area contributed by atoms with Gasteiger partial charge in [-0.3, -0.25) is 4.57 Å². The Kier molecular flexibility index (Phi) is 4.83. The first-order valence-electron chi connectivity index (χ1n) is 17.8. The maximum atomic E-state index is 5.70. The minimum Gasteiger partial charge on any atom is -0.308 e. The zero-order valence-electron chi connectivity index (χ0n) is 27.8. The molecule has 0 fully saturated rings. The fraction of sp³-hybridized carbons (Fsp3) is 0. The van der Waals surface area contributed by atoms with Crippen molar-refractivity contribution in [2.75, 3.05) is 0 Å². The van der Waals surface area contributed by atoms with Crippen LogP contribution in [0.4, 0.5) is 0 Å². The van der Waals surface area contributed by atoms with Crippen LogP contribution in [0.2, 0.25) is 0 Å². The van der Waals surface area contributed by atoms with Crippen molar-refractivity contribution in [2.45, 2.75) is 0 Å². The summed E-state index contributed by atoms with van der Waals surface area (Å²) < 4.78 is 4.92. The van der Waals surface area contributed by atoms with Gasteiger partial charge in [0.25, 0.3) is 0 Å². The van der Waals surface area contributed by atoms with Gasteiger partial charge in [-0.05, 0) is 57.3 Å². The van der Waals surface area contributed by atoms with Gasteiger partial charge >= 0.3 is 0 Å². The highest BCUT2D eigenvalue weighted by Gasteiger charge is 2.27. The van der Waals surface area contributed by atoms with E-state index in [2.05, 4.69) is 167 Å².